The van der Waals surface area contributed by atoms with Gasteiger partial charge >= 0.3 is 0 Å². The van der Waals surface area contributed by atoms with Crippen LogP contribution in [0.25, 0.3) is 0 Å². The van der Waals surface area contributed by atoms with Crippen molar-refractivity contribution in [2.75, 3.05) is 23.6 Å². The predicted molar refractivity (Wildman–Crippen MR) is 108 cm³/mol. The summed E-state index contributed by atoms with van der Waals surface area (Å²) in [5.74, 6) is -0.517. The molecule has 0 aliphatic rings. The number of hydrogen-bond donors (Lipinski definition) is 3. The lowest BCUT2D eigenvalue weighted by Gasteiger charge is -2.10. The Morgan fingerprint density at radius 1 is 0.964 bits per heavy atom. The standard InChI is InChI=1S/C18H23N3O5S2/c1-3-27(23,24)21-16-6-4-5-15(13-16)18(22)19-11-12-20-28(25,26)17-9-7-14(2)8-10-17/h4-10,13,20-21H,3,11-12H2,1-2H3,(H,19,22). The maximum atomic E-state index is 12.2. The highest BCUT2D eigenvalue weighted by molar-refractivity contribution is 7.92. The van der Waals surface area contributed by atoms with Gasteiger partial charge in [0.15, 0.2) is 0 Å². The van der Waals surface area contributed by atoms with E-state index in [2.05, 4.69) is 14.8 Å². The van der Waals surface area contributed by atoms with E-state index in [1.54, 1.807) is 24.3 Å². The highest BCUT2D eigenvalue weighted by atomic mass is 32.2. The molecule has 0 bridgehead atoms. The van der Waals surface area contributed by atoms with E-state index < -0.39 is 26.0 Å². The van der Waals surface area contributed by atoms with Crippen LogP contribution in [-0.2, 0) is 20.0 Å². The summed E-state index contributed by atoms with van der Waals surface area (Å²) in [5, 5.41) is 2.59. The molecule has 0 spiro atoms. The van der Waals surface area contributed by atoms with Crippen molar-refractivity contribution in [3.63, 3.8) is 0 Å². The third kappa shape index (κ3) is 6.32. The number of carbonyl (C=O) groups is 1. The average molecular weight is 426 g/mol. The van der Waals surface area contributed by atoms with Crippen LogP contribution in [0.3, 0.4) is 0 Å². The van der Waals surface area contributed by atoms with Crippen LogP contribution in [0.15, 0.2) is 53.4 Å². The second-order valence-electron chi connectivity index (χ2n) is 6.05. The first-order chi connectivity index (χ1) is 13.1. The Balaban J connectivity index is 1.90. The van der Waals surface area contributed by atoms with Gasteiger partial charge in [-0.1, -0.05) is 23.8 Å². The number of benzene rings is 2. The van der Waals surface area contributed by atoms with Crippen molar-refractivity contribution in [1.82, 2.24) is 10.0 Å². The molecule has 0 aliphatic heterocycles. The summed E-state index contributed by atoms with van der Waals surface area (Å²) in [6, 6.07) is 12.5. The van der Waals surface area contributed by atoms with Gasteiger partial charge in [-0.25, -0.2) is 21.6 Å². The van der Waals surface area contributed by atoms with Crippen LogP contribution in [0.4, 0.5) is 5.69 Å². The molecule has 0 heterocycles. The molecule has 0 saturated heterocycles. The van der Waals surface area contributed by atoms with Gasteiger partial charge in [0.1, 0.15) is 0 Å². The van der Waals surface area contributed by atoms with E-state index in [1.807, 2.05) is 6.92 Å². The maximum Gasteiger partial charge on any atom is 0.251 e. The van der Waals surface area contributed by atoms with Crippen molar-refractivity contribution < 1.29 is 21.6 Å². The first-order valence-electron chi connectivity index (χ1n) is 8.58. The van der Waals surface area contributed by atoms with Crippen LogP contribution >= 0.6 is 0 Å². The summed E-state index contributed by atoms with van der Waals surface area (Å²) < 4.78 is 52.4. The SMILES string of the molecule is CCS(=O)(=O)Nc1cccc(C(=O)NCCNS(=O)(=O)c2ccc(C)cc2)c1. The van der Waals surface area contributed by atoms with Crippen LogP contribution in [0.2, 0.25) is 0 Å². The van der Waals surface area contributed by atoms with Gasteiger partial charge in [0.2, 0.25) is 20.0 Å². The fourth-order valence-corrected chi connectivity index (χ4v) is 3.90. The molecule has 0 fully saturated rings. The number of amides is 1. The van der Waals surface area contributed by atoms with Crippen LogP contribution < -0.4 is 14.8 Å². The third-order valence-corrected chi connectivity index (χ3v) is 6.60. The molecule has 0 radical (unpaired) electrons. The highest BCUT2D eigenvalue weighted by Crippen LogP contribution is 2.13. The van der Waals surface area contributed by atoms with E-state index in [9.17, 15) is 21.6 Å². The van der Waals surface area contributed by atoms with Crippen LogP contribution in [0, 0.1) is 6.92 Å². The molecule has 2 aromatic carbocycles. The van der Waals surface area contributed by atoms with Gasteiger partial charge in [0.25, 0.3) is 5.91 Å². The smallest absolute Gasteiger partial charge is 0.251 e. The van der Waals surface area contributed by atoms with Crippen molar-refractivity contribution >= 4 is 31.6 Å². The number of anilines is 1. The van der Waals surface area contributed by atoms with E-state index in [1.165, 1.54) is 31.2 Å². The zero-order valence-electron chi connectivity index (χ0n) is 15.6. The minimum atomic E-state index is -3.65. The first kappa shape index (κ1) is 21.9. The Kier molecular flexibility index (Phi) is 7.17. The molecule has 152 valence electrons. The lowest BCUT2D eigenvalue weighted by atomic mass is 10.2. The van der Waals surface area contributed by atoms with Crippen molar-refractivity contribution in [2.45, 2.75) is 18.7 Å². The Morgan fingerprint density at radius 3 is 2.29 bits per heavy atom. The third-order valence-electron chi connectivity index (χ3n) is 3.81. The summed E-state index contributed by atoms with van der Waals surface area (Å²) in [5.41, 5.74) is 1.50. The molecule has 0 atom stereocenters. The Labute approximate surface area is 165 Å². The zero-order valence-corrected chi connectivity index (χ0v) is 17.2. The van der Waals surface area contributed by atoms with Gasteiger partial charge in [-0.15, -0.1) is 0 Å². The predicted octanol–water partition coefficient (Wildman–Crippen LogP) is 1.46. The van der Waals surface area contributed by atoms with Gasteiger partial charge in [-0.3, -0.25) is 9.52 Å². The maximum absolute atomic E-state index is 12.2. The van der Waals surface area contributed by atoms with E-state index in [-0.39, 0.29) is 35.0 Å². The molecule has 0 aromatic heterocycles. The number of aryl methyl sites for hydroxylation is 1. The van der Waals surface area contributed by atoms with Crippen molar-refractivity contribution in [1.29, 1.82) is 0 Å². The summed E-state index contributed by atoms with van der Waals surface area (Å²) >= 11 is 0. The van der Waals surface area contributed by atoms with Gasteiger partial charge < -0.3 is 5.32 Å². The van der Waals surface area contributed by atoms with Gasteiger partial charge in [-0.2, -0.15) is 0 Å². The normalized spacial score (nSPS) is 11.8. The average Bonchev–Trinajstić information content (AvgIpc) is 2.65. The highest BCUT2D eigenvalue weighted by Gasteiger charge is 2.13. The number of nitrogens with one attached hydrogen (secondary N) is 3. The summed E-state index contributed by atoms with van der Waals surface area (Å²) in [4.78, 5) is 12.4. The van der Waals surface area contributed by atoms with Crippen molar-refractivity contribution in [3.8, 4) is 0 Å². The molecule has 8 nitrogen and oxygen atoms in total. The fraction of sp³-hybridized carbons (Fsp3) is 0.278. The molecule has 1 amide bonds. The summed E-state index contributed by atoms with van der Waals surface area (Å²) in [6.45, 7) is 3.47. The van der Waals surface area contributed by atoms with Crippen LogP contribution in [0.5, 0.6) is 0 Å². The fourth-order valence-electron chi connectivity index (χ4n) is 2.24. The van der Waals surface area contributed by atoms with Gasteiger partial charge in [0.05, 0.1) is 10.6 Å². The lowest BCUT2D eigenvalue weighted by molar-refractivity contribution is 0.0954. The first-order valence-corrected chi connectivity index (χ1v) is 11.7. The molecule has 0 saturated carbocycles. The van der Waals surface area contributed by atoms with E-state index >= 15 is 0 Å². The molecule has 0 unspecified atom stereocenters. The molecule has 2 rings (SSSR count). The second-order valence-corrected chi connectivity index (χ2v) is 9.83. The van der Waals surface area contributed by atoms with Crippen LogP contribution in [0.1, 0.15) is 22.8 Å². The van der Waals surface area contributed by atoms with E-state index in [0.29, 0.717) is 0 Å². The Bertz CT molecular complexity index is 1030. The number of sulfonamides is 2. The van der Waals surface area contributed by atoms with Crippen molar-refractivity contribution in [2.24, 2.45) is 0 Å². The summed E-state index contributed by atoms with van der Waals surface area (Å²) in [6.07, 6.45) is 0. The van der Waals surface area contributed by atoms with Gasteiger partial charge in [0, 0.05) is 24.3 Å². The number of hydrogen-bond acceptors (Lipinski definition) is 5. The number of rotatable bonds is 9. The molecule has 10 heteroatoms. The molecule has 3 N–H and O–H groups in total. The molecule has 0 aliphatic carbocycles. The zero-order chi connectivity index (χ0) is 20.8. The molecule has 28 heavy (non-hydrogen) atoms. The second kappa shape index (κ2) is 9.18. The number of carbonyl (C=O) groups excluding carboxylic acids is 1. The Hall–Kier alpha value is -2.43. The monoisotopic (exact) mass is 425 g/mol. The molecular formula is C18H23N3O5S2. The lowest BCUT2D eigenvalue weighted by Crippen LogP contribution is -2.34. The largest absolute Gasteiger partial charge is 0.351 e. The summed E-state index contributed by atoms with van der Waals surface area (Å²) in [7, 11) is -7.09. The minimum Gasteiger partial charge on any atom is -0.351 e. The molecular weight excluding hydrogens is 402 g/mol. The van der Waals surface area contributed by atoms with Gasteiger partial charge in [-0.05, 0) is 44.2 Å². The molecule has 2 aromatic rings. The van der Waals surface area contributed by atoms with Crippen LogP contribution in [-0.4, -0.2) is 41.6 Å². The minimum absolute atomic E-state index is 0.0180. The van der Waals surface area contributed by atoms with Crippen molar-refractivity contribution in [3.05, 3.63) is 59.7 Å². The van der Waals surface area contributed by atoms with E-state index in [0.717, 1.165) is 5.56 Å². The Morgan fingerprint density at radius 2 is 1.64 bits per heavy atom. The quantitative estimate of drug-likeness (QED) is 0.525. The van der Waals surface area contributed by atoms with E-state index in [4.69, 9.17) is 0 Å². The topological polar surface area (TPSA) is 121 Å².